The summed E-state index contributed by atoms with van der Waals surface area (Å²) < 4.78 is 5.04. The van der Waals surface area contributed by atoms with Crippen molar-refractivity contribution >= 4 is 11.7 Å². The zero-order valence-corrected chi connectivity index (χ0v) is 10.0. The third-order valence-electron chi connectivity index (χ3n) is 2.36. The Morgan fingerprint density at radius 3 is 2.44 bits per heavy atom. The van der Waals surface area contributed by atoms with Crippen LogP contribution in [0.4, 0.5) is 5.69 Å². The van der Waals surface area contributed by atoms with Crippen molar-refractivity contribution in [2.45, 2.75) is 25.7 Å². The highest BCUT2D eigenvalue weighted by molar-refractivity contribution is 5.72. The summed E-state index contributed by atoms with van der Waals surface area (Å²) in [5, 5.41) is 10.4. The second-order valence-corrected chi connectivity index (χ2v) is 3.82. The summed E-state index contributed by atoms with van der Waals surface area (Å²) in [6, 6.07) is 5.43. The number of carbonyl (C=O) groups excluding carboxylic acids is 1. The van der Waals surface area contributed by atoms with E-state index < -0.39 is 4.92 Å². The van der Waals surface area contributed by atoms with Gasteiger partial charge in [-0.1, -0.05) is 6.42 Å². The van der Waals surface area contributed by atoms with Gasteiger partial charge in [0, 0.05) is 18.6 Å². The van der Waals surface area contributed by atoms with Crippen LogP contribution in [0.2, 0.25) is 0 Å². The summed E-state index contributed by atoms with van der Waals surface area (Å²) in [5.74, 6) is -0.00898. The number of hydrogen-bond acceptors (Lipinski definition) is 5. The van der Waals surface area contributed by atoms with Crippen LogP contribution in [0, 0.1) is 10.1 Å². The van der Waals surface area contributed by atoms with Crippen molar-refractivity contribution < 1.29 is 14.5 Å². The van der Waals surface area contributed by atoms with Gasteiger partial charge in [-0.05, 0) is 31.5 Å². The van der Waals surface area contributed by atoms with Gasteiger partial charge in [0.2, 0.25) is 0 Å². The van der Waals surface area contributed by atoms with E-state index in [4.69, 9.17) is 10.5 Å². The first-order valence-electron chi connectivity index (χ1n) is 5.78. The molecule has 0 aromatic heterocycles. The zero-order chi connectivity index (χ0) is 13.4. The van der Waals surface area contributed by atoms with Gasteiger partial charge < -0.3 is 10.5 Å². The van der Waals surface area contributed by atoms with Gasteiger partial charge >= 0.3 is 5.97 Å². The monoisotopic (exact) mass is 252 g/mol. The third kappa shape index (κ3) is 4.92. The van der Waals surface area contributed by atoms with Crippen molar-refractivity contribution in [2.75, 3.05) is 6.54 Å². The van der Waals surface area contributed by atoms with Crippen LogP contribution in [-0.4, -0.2) is 17.4 Å². The van der Waals surface area contributed by atoms with Gasteiger partial charge in [0.15, 0.2) is 0 Å². The van der Waals surface area contributed by atoms with Crippen LogP contribution in [0.15, 0.2) is 24.3 Å². The SMILES string of the molecule is NCCCCCC(=O)Oc1ccc([N+](=O)[O-])cc1. The fourth-order valence-electron chi connectivity index (χ4n) is 1.41. The molecule has 6 nitrogen and oxygen atoms in total. The second kappa shape index (κ2) is 7.39. The number of nitrogens with zero attached hydrogens (tertiary/aromatic N) is 1. The van der Waals surface area contributed by atoms with E-state index in [1.54, 1.807) is 0 Å². The molecule has 0 unspecified atom stereocenters. The van der Waals surface area contributed by atoms with E-state index in [1.165, 1.54) is 24.3 Å². The molecule has 0 spiro atoms. The quantitative estimate of drug-likeness (QED) is 0.263. The summed E-state index contributed by atoms with van der Waals surface area (Å²) in [5.41, 5.74) is 5.31. The molecule has 1 aromatic rings. The molecule has 0 heterocycles. The number of hydrogen-bond donors (Lipinski definition) is 1. The molecular weight excluding hydrogens is 236 g/mol. The van der Waals surface area contributed by atoms with Crippen molar-refractivity contribution in [2.24, 2.45) is 5.73 Å². The van der Waals surface area contributed by atoms with E-state index in [1.807, 2.05) is 0 Å². The highest BCUT2D eigenvalue weighted by Crippen LogP contribution is 2.17. The Labute approximate surface area is 105 Å². The Bertz CT molecular complexity index is 403. The fourth-order valence-corrected chi connectivity index (χ4v) is 1.41. The third-order valence-corrected chi connectivity index (χ3v) is 2.36. The molecule has 6 heteroatoms. The molecule has 18 heavy (non-hydrogen) atoms. The maximum absolute atomic E-state index is 11.4. The minimum absolute atomic E-state index is 0.0299. The maximum Gasteiger partial charge on any atom is 0.311 e. The van der Waals surface area contributed by atoms with Gasteiger partial charge in [-0.2, -0.15) is 0 Å². The minimum Gasteiger partial charge on any atom is -0.427 e. The number of ether oxygens (including phenoxy) is 1. The highest BCUT2D eigenvalue weighted by atomic mass is 16.6. The first-order chi connectivity index (χ1) is 8.63. The van der Waals surface area contributed by atoms with Crippen LogP contribution in [0.25, 0.3) is 0 Å². The van der Waals surface area contributed by atoms with Crippen LogP contribution >= 0.6 is 0 Å². The average Bonchev–Trinajstić information content (AvgIpc) is 2.35. The van der Waals surface area contributed by atoms with E-state index in [-0.39, 0.29) is 11.7 Å². The lowest BCUT2D eigenvalue weighted by Crippen LogP contribution is -2.08. The lowest BCUT2D eigenvalue weighted by Gasteiger charge is -2.03. The number of unbranched alkanes of at least 4 members (excludes halogenated alkanes) is 2. The molecule has 1 aromatic carbocycles. The zero-order valence-electron chi connectivity index (χ0n) is 10.0. The molecular formula is C12H16N2O4. The predicted octanol–water partition coefficient (Wildman–Crippen LogP) is 2.02. The summed E-state index contributed by atoms with van der Waals surface area (Å²) in [4.78, 5) is 21.3. The number of nitro groups is 1. The Morgan fingerprint density at radius 2 is 1.89 bits per heavy atom. The highest BCUT2D eigenvalue weighted by Gasteiger charge is 2.07. The number of nitrogens with two attached hydrogens (primary N) is 1. The van der Waals surface area contributed by atoms with Gasteiger partial charge in [0.25, 0.3) is 5.69 Å². The van der Waals surface area contributed by atoms with E-state index >= 15 is 0 Å². The first-order valence-corrected chi connectivity index (χ1v) is 5.78. The van der Waals surface area contributed by atoms with Crippen molar-refractivity contribution in [3.63, 3.8) is 0 Å². The summed E-state index contributed by atoms with van der Waals surface area (Å²) in [6.07, 6.45) is 2.86. The molecule has 0 aliphatic heterocycles. The van der Waals surface area contributed by atoms with Crippen molar-refractivity contribution in [3.05, 3.63) is 34.4 Å². The Hall–Kier alpha value is -1.95. The Kier molecular flexibility index (Phi) is 5.79. The summed E-state index contributed by atoms with van der Waals surface area (Å²) in [7, 11) is 0. The van der Waals surface area contributed by atoms with Crippen LogP contribution in [-0.2, 0) is 4.79 Å². The number of rotatable bonds is 7. The van der Waals surface area contributed by atoms with Gasteiger partial charge in [-0.15, -0.1) is 0 Å². The largest absolute Gasteiger partial charge is 0.427 e. The number of non-ortho nitro benzene ring substituents is 1. The van der Waals surface area contributed by atoms with Crippen LogP contribution in [0.1, 0.15) is 25.7 Å². The first kappa shape index (κ1) is 14.1. The molecule has 0 atom stereocenters. The number of carbonyl (C=O) groups is 1. The van der Waals surface area contributed by atoms with Crippen molar-refractivity contribution in [1.29, 1.82) is 0 Å². The predicted molar refractivity (Wildman–Crippen MR) is 66.3 cm³/mol. The summed E-state index contributed by atoms with van der Waals surface area (Å²) >= 11 is 0. The Balaban J connectivity index is 2.37. The van der Waals surface area contributed by atoms with E-state index in [0.717, 1.165) is 19.3 Å². The average molecular weight is 252 g/mol. The van der Waals surface area contributed by atoms with Crippen LogP contribution in [0.3, 0.4) is 0 Å². The smallest absolute Gasteiger partial charge is 0.311 e. The lowest BCUT2D eigenvalue weighted by atomic mass is 10.2. The molecule has 0 fully saturated rings. The van der Waals surface area contributed by atoms with Crippen molar-refractivity contribution in [3.8, 4) is 5.75 Å². The van der Waals surface area contributed by atoms with Crippen molar-refractivity contribution in [1.82, 2.24) is 0 Å². The molecule has 0 aliphatic carbocycles. The number of esters is 1. The molecule has 0 saturated carbocycles. The molecule has 0 amide bonds. The number of nitro benzene ring substituents is 1. The topological polar surface area (TPSA) is 95.5 Å². The molecule has 98 valence electrons. The molecule has 2 N–H and O–H groups in total. The lowest BCUT2D eigenvalue weighted by molar-refractivity contribution is -0.384. The molecule has 0 saturated heterocycles. The second-order valence-electron chi connectivity index (χ2n) is 3.82. The van der Waals surface area contributed by atoms with Gasteiger partial charge in [0.05, 0.1) is 4.92 Å². The minimum atomic E-state index is -0.502. The molecule has 0 bridgehead atoms. The van der Waals surface area contributed by atoms with E-state index in [9.17, 15) is 14.9 Å². The molecule has 1 rings (SSSR count). The van der Waals surface area contributed by atoms with Gasteiger partial charge in [-0.25, -0.2) is 0 Å². The van der Waals surface area contributed by atoms with Gasteiger partial charge in [-0.3, -0.25) is 14.9 Å². The van der Waals surface area contributed by atoms with E-state index in [0.29, 0.717) is 18.7 Å². The Morgan fingerprint density at radius 1 is 1.22 bits per heavy atom. The summed E-state index contributed by atoms with van der Waals surface area (Å²) in [6.45, 7) is 0.622. The standard InChI is InChI=1S/C12H16N2O4/c13-9-3-1-2-4-12(15)18-11-7-5-10(6-8-11)14(16)17/h5-8H,1-4,9,13H2. The van der Waals surface area contributed by atoms with Gasteiger partial charge in [0.1, 0.15) is 5.75 Å². The fraction of sp³-hybridized carbons (Fsp3) is 0.417. The molecule has 0 radical (unpaired) electrons. The normalized spacial score (nSPS) is 10.1. The van der Waals surface area contributed by atoms with Crippen LogP contribution < -0.4 is 10.5 Å². The maximum atomic E-state index is 11.4. The molecule has 0 aliphatic rings. The van der Waals surface area contributed by atoms with E-state index in [2.05, 4.69) is 0 Å². The van der Waals surface area contributed by atoms with Crippen LogP contribution in [0.5, 0.6) is 5.75 Å². The number of benzene rings is 1.